The van der Waals surface area contributed by atoms with Crippen LogP contribution >= 0.6 is 0 Å². The molecule has 2 nitrogen and oxygen atoms in total. The summed E-state index contributed by atoms with van der Waals surface area (Å²) in [5.74, 6) is 0. The van der Waals surface area contributed by atoms with Crippen LogP contribution in [0.15, 0.2) is 42.5 Å². The largest absolute Gasteiger partial charge is 0.314 e. The molecule has 1 heterocycles. The van der Waals surface area contributed by atoms with Gasteiger partial charge in [0, 0.05) is 25.7 Å². The van der Waals surface area contributed by atoms with Crippen LogP contribution in [0.25, 0.3) is 10.8 Å². The molecule has 2 aromatic rings. The van der Waals surface area contributed by atoms with E-state index in [1.54, 1.807) is 0 Å². The van der Waals surface area contributed by atoms with Crippen molar-refractivity contribution < 1.29 is 0 Å². The van der Waals surface area contributed by atoms with Crippen LogP contribution in [0, 0.1) is 0 Å². The molecule has 0 bridgehead atoms. The Morgan fingerprint density at radius 3 is 2.63 bits per heavy atom. The van der Waals surface area contributed by atoms with Gasteiger partial charge in [-0.05, 0) is 29.3 Å². The molecule has 0 spiro atoms. The minimum absolute atomic E-state index is 0.721. The zero-order valence-electron chi connectivity index (χ0n) is 11.6. The standard InChI is InChI=1S/C17H22N2/c1-2-10-19(16-11-18-12-16)13-15-8-5-7-14-6-3-4-9-17(14)15/h3-9,16,18H,2,10-13H2,1H3. The van der Waals surface area contributed by atoms with Gasteiger partial charge in [0.15, 0.2) is 0 Å². The van der Waals surface area contributed by atoms with Crippen LogP contribution in [0.1, 0.15) is 18.9 Å². The second-order valence-electron chi connectivity index (χ2n) is 5.42. The predicted molar refractivity (Wildman–Crippen MR) is 81.3 cm³/mol. The van der Waals surface area contributed by atoms with Gasteiger partial charge in [0.25, 0.3) is 0 Å². The molecule has 0 radical (unpaired) electrons. The van der Waals surface area contributed by atoms with Crippen LogP contribution in [0.4, 0.5) is 0 Å². The summed E-state index contributed by atoms with van der Waals surface area (Å²) in [6.45, 7) is 6.81. The third kappa shape index (κ3) is 2.65. The molecule has 0 aromatic heterocycles. The number of nitrogens with one attached hydrogen (secondary N) is 1. The lowest BCUT2D eigenvalue weighted by Gasteiger charge is -2.38. The van der Waals surface area contributed by atoms with Crippen molar-refractivity contribution in [2.24, 2.45) is 0 Å². The quantitative estimate of drug-likeness (QED) is 0.882. The Kier molecular flexibility index (Phi) is 3.81. The van der Waals surface area contributed by atoms with Crippen LogP contribution in [-0.4, -0.2) is 30.6 Å². The first-order valence-electron chi connectivity index (χ1n) is 7.30. The van der Waals surface area contributed by atoms with Gasteiger partial charge in [0.1, 0.15) is 0 Å². The first-order chi connectivity index (χ1) is 9.38. The van der Waals surface area contributed by atoms with E-state index in [9.17, 15) is 0 Å². The average molecular weight is 254 g/mol. The topological polar surface area (TPSA) is 15.3 Å². The van der Waals surface area contributed by atoms with Gasteiger partial charge in [-0.1, -0.05) is 49.4 Å². The van der Waals surface area contributed by atoms with E-state index in [-0.39, 0.29) is 0 Å². The first kappa shape index (κ1) is 12.6. The molecule has 1 aliphatic rings. The summed E-state index contributed by atoms with van der Waals surface area (Å²) in [6.07, 6.45) is 1.22. The maximum atomic E-state index is 3.38. The molecule has 0 saturated carbocycles. The number of fused-ring (bicyclic) bond motifs is 1. The Morgan fingerprint density at radius 1 is 1.11 bits per heavy atom. The van der Waals surface area contributed by atoms with E-state index in [1.807, 2.05) is 0 Å². The Morgan fingerprint density at radius 2 is 1.89 bits per heavy atom. The lowest BCUT2D eigenvalue weighted by atomic mass is 10.0. The summed E-state index contributed by atoms with van der Waals surface area (Å²) < 4.78 is 0. The Bertz CT molecular complexity index is 540. The van der Waals surface area contributed by atoms with Gasteiger partial charge in [-0.25, -0.2) is 0 Å². The van der Waals surface area contributed by atoms with Gasteiger partial charge in [-0.3, -0.25) is 4.90 Å². The van der Waals surface area contributed by atoms with Gasteiger partial charge < -0.3 is 5.32 Å². The lowest BCUT2D eigenvalue weighted by molar-refractivity contribution is 0.138. The SMILES string of the molecule is CCCN(Cc1cccc2ccccc12)C1CNC1. The molecule has 0 amide bonds. The molecule has 2 heteroatoms. The Hall–Kier alpha value is -1.38. The first-order valence-corrected chi connectivity index (χ1v) is 7.30. The summed E-state index contributed by atoms with van der Waals surface area (Å²) in [6, 6.07) is 16.1. The second kappa shape index (κ2) is 5.72. The van der Waals surface area contributed by atoms with Crippen molar-refractivity contribution in [2.45, 2.75) is 25.9 Å². The predicted octanol–water partition coefficient (Wildman–Crippen LogP) is 3.02. The summed E-state index contributed by atoms with van der Waals surface area (Å²) in [5.41, 5.74) is 1.46. The molecule has 100 valence electrons. The zero-order valence-corrected chi connectivity index (χ0v) is 11.6. The highest BCUT2D eigenvalue weighted by molar-refractivity contribution is 5.85. The number of hydrogen-bond donors (Lipinski definition) is 1. The monoisotopic (exact) mass is 254 g/mol. The maximum absolute atomic E-state index is 3.38. The van der Waals surface area contributed by atoms with Crippen molar-refractivity contribution in [3.05, 3.63) is 48.0 Å². The zero-order chi connectivity index (χ0) is 13.1. The molecule has 3 rings (SSSR count). The number of hydrogen-bond acceptors (Lipinski definition) is 2. The highest BCUT2D eigenvalue weighted by Gasteiger charge is 2.24. The average Bonchev–Trinajstić information content (AvgIpc) is 2.37. The van der Waals surface area contributed by atoms with E-state index in [0.29, 0.717) is 0 Å². The van der Waals surface area contributed by atoms with Crippen molar-refractivity contribution in [2.75, 3.05) is 19.6 Å². The fourth-order valence-electron chi connectivity index (χ4n) is 2.86. The fourth-order valence-corrected chi connectivity index (χ4v) is 2.86. The molecule has 0 aliphatic carbocycles. The van der Waals surface area contributed by atoms with Gasteiger partial charge in [0.2, 0.25) is 0 Å². The van der Waals surface area contributed by atoms with E-state index >= 15 is 0 Å². The highest BCUT2D eigenvalue weighted by Crippen LogP contribution is 2.21. The number of nitrogens with zero attached hydrogens (tertiary/aromatic N) is 1. The molecule has 1 fully saturated rings. The summed E-state index contributed by atoms with van der Waals surface area (Å²) in [5, 5.41) is 6.13. The Balaban J connectivity index is 1.86. The lowest BCUT2D eigenvalue weighted by Crippen LogP contribution is -2.56. The molecule has 1 aliphatic heterocycles. The van der Waals surface area contributed by atoms with Crippen molar-refractivity contribution in [3.63, 3.8) is 0 Å². The summed E-state index contributed by atoms with van der Waals surface area (Å²) >= 11 is 0. The van der Waals surface area contributed by atoms with Crippen molar-refractivity contribution in [1.29, 1.82) is 0 Å². The molecular formula is C17H22N2. The minimum Gasteiger partial charge on any atom is -0.314 e. The van der Waals surface area contributed by atoms with Gasteiger partial charge in [0.05, 0.1) is 0 Å². The minimum atomic E-state index is 0.721. The van der Waals surface area contributed by atoms with Crippen molar-refractivity contribution in [1.82, 2.24) is 10.2 Å². The third-order valence-corrected chi connectivity index (χ3v) is 4.04. The summed E-state index contributed by atoms with van der Waals surface area (Å²) in [7, 11) is 0. The van der Waals surface area contributed by atoms with E-state index < -0.39 is 0 Å². The van der Waals surface area contributed by atoms with Crippen LogP contribution in [0.5, 0.6) is 0 Å². The van der Waals surface area contributed by atoms with E-state index in [2.05, 4.69) is 59.6 Å². The highest BCUT2D eigenvalue weighted by atomic mass is 15.2. The van der Waals surface area contributed by atoms with Crippen molar-refractivity contribution in [3.8, 4) is 0 Å². The van der Waals surface area contributed by atoms with Crippen LogP contribution in [-0.2, 0) is 6.54 Å². The third-order valence-electron chi connectivity index (χ3n) is 4.04. The normalized spacial score (nSPS) is 15.9. The van der Waals surface area contributed by atoms with E-state index in [1.165, 1.54) is 29.3 Å². The Labute approximate surface area is 115 Å². The molecule has 1 N–H and O–H groups in total. The fraction of sp³-hybridized carbons (Fsp3) is 0.412. The van der Waals surface area contributed by atoms with E-state index in [0.717, 1.165) is 25.7 Å². The molecular weight excluding hydrogens is 232 g/mol. The van der Waals surface area contributed by atoms with Gasteiger partial charge in [-0.2, -0.15) is 0 Å². The smallest absolute Gasteiger partial charge is 0.0348 e. The van der Waals surface area contributed by atoms with Crippen molar-refractivity contribution >= 4 is 10.8 Å². The number of rotatable bonds is 5. The number of benzene rings is 2. The van der Waals surface area contributed by atoms with Crippen LogP contribution in [0.2, 0.25) is 0 Å². The maximum Gasteiger partial charge on any atom is 0.0348 e. The van der Waals surface area contributed by atoms with Gasteiger partial charge >= 0.3 is 0 Å². The van der Waals surface area contributed by atoms with Crippen LogP contribution < -0.4 is 5.32 Å². The molecule has 19 heavy (non-hydrogen) atoms. The molecule has 2 aromatic carbocycles. The molecule has 0 unspecified atom stereocenters. The molecule has 1 saturated heterocycles. The van der Waals surface area contributed by atoms with Gasteiger partial charge in [-0.15, -0.1) is 0 Å². The molecule has 0 atom stereocenters. The second-order valence-corrected chi connectivity index (χ2v) is 5.42. The van der Waals surface area contributed by atoms with Crippen LogP contribution in [0.3, 0.4) is 0 Å². The van der Waals surface area contributed by atoms with E-state index in [4.69, 9.17) is 0 Å². The summed E-state index contributed by atoms with van der Waals surface area (Å²) in [4.78, 5) is 2.62.